The van der Waals surface area contributed by atoms with Crippen LogP contribution in [0.1, 0.15) is 22.2 Å². The number of β-lactam (4-membered cyclic amide) rings is 1. The Morgan fingerprint density at radius 1 is 1.03 bits per heavy atom. The van der Waals surface area contributed by atoms with Gasteiger partial charge in [-0.25, -0.2) is 4.98 Å². The zero-order valence-corrected chi connectivity index (χ0v) is 21.9. The van der Waals surface area contributed by atoms with Crippen molar-refractivity contribution in [3.63, 3.8) is 0 Å². The molecule has 6 rings (SSSR count). The second kappa shape index (κ2) is 10.1. The number of nitrogens with one attached hydrogen (secondary N) is 1. The van der Waals surface area contributed by atoms with Crippen LogP contribution in [0.5, 0.6) is 0 Å². The first-order valence-corrected chi connectivity index (χ1v) is 14.0. The molecular weight excluding hydrogens is 523 g/mol. The Bertz CT molecular complexity index is 1450. The van der Waals surface area contributed by atoms with Crippen LogP contribution in [-0.4, -0.2) is 44.4 Å². The van der Waals surface area contributed by atoms with E-state index in [9.17, 15) is 9.59 Å². The average Bonchev–Trinajstić information content (AvgIpc) is 3.39. The first-order valence-electron chi connectivity index (χ1n) is 11.7. The van der Waals surface area contributed by atoms with Crippen LogP contribution in [0, 0.1) is 0 Å². The van der Waals surface area contributed by atoms with Crippen LogP contribution in [0.25, 0.3) is 15.8 Å². The van der Waals surface area contributed by atoms with Gasteiger partial charge in [0.05, 0.1) is 10.2 Å². The molecule has 37 heavy (non-hydrogen) atoms. The van der Waals surface area contributed by atoms with Gasteiger partial charge >= 0.3 is 0 Å². The van der Waals surface area contributed by atoms with Crippen LogP contribution < -0.4 is 5.32 Å². The van der Waals surface area contributed by atoms with E-state index in [1.807, 2.05) is 84.9 Å². The van der Waals surface area contributed by atoms with Crippen molar-refractivity contribution in [1.82, 2.24) is 15.2 Å². The number of carbonyl (C=O) groups excluding carboxylic acids is 2. The first-order chi connectivity index (χ1) is 18.2. The molecule has 2 atom stereocenters. The highest BCUT2D eigenvalue weighted by molar-refractivity contribution is 8.00. The Kier molecular flexibility index (Phi) is 6.50. The van der Waals surface area contributed by atoms with E-state index in [0.29, 0.717) is 17.9 Å². The number of aromatic nitrogens is 1. The number of thiazole rings is 1. The van der Waals surface area contributed by atoms with E-state index < -0.39 is 12.1 Å². The fourth-order valence-corrected chi connectivity index (χ4v) is 7.39. The summed E-state index contributed by atoms with van der Waals surface area (Å²) >= 11 is 9.09. The van der Waals surface area contributed by atoms with Crippen LogP contribution in [0.3, 0.4) is 0 Å². The lowest BCUT2D eigenvalue weighted by Crippen LogP contribution is -2.69. The SMILES string of the molecule is O=CN[C@@H]1C(=O)N2C(C(=S)OC(c3ccccc3)c3ccccc3)=C(c3nc4ccccc4s3)CS[C@H]12. The maximum atomic E-state index is 13.2. The Morgan fingerprint density at radius 3 is 2.32 bits per heavy atom. The molecule has 0 radical (unpaired) electrons. The summed E-state index contributed by atoms with van der Waals surface area (Å²) in [5, 5.41) is 3.44. The minimum atomic E-state index is -0.587. The van der Waals surface area contributed by atoms with E-state index >= 15 is 0 Å². The number of fused-ring (bicyclic) bond motifs is 2. The first kappa shape index (κ1) is 23.8. The standard InChI is InChI=1S/C28H21N3O3S3/c32-16-29-22-26(33)31-23(19(15-36-27(22)31)25-30-20-13-7-8-14-21(20)37-25)28(35)34-24(17-9-3-1-4-10-17)18-11-5-2-6-12-18/h1-14,16,22,24,27H,15H2,(H,29,32)/t22-,27-/m1/s1. The van der Waals surface area contributed by atoms with Gasteiger partial charge in [0.25, 0.3) is 5.91 Å². The number of amides is 2. The summed E-state index contributed by atoms with van der Waals surface area (Å²) < 4.78 is 7.60. The number of ether oxygens (including phenoxy) is 1. The van der Waals surface area contributed by atoms with Crippen molar-refractivity contribution >= 4 is 68.5 Å². The summed E-state index contributed by atoms with van der Waals surface area (Å²) in [7, 11) is 0. The highest BCUT2D eigenvalue weighted by Crippen LogP contribution is 2.45. The van der Waals surface area contributed by atoms with Crippen LogP contribution in [-0.2, 0) is 14.3 Å². The van der Waals surface area contributed by atoms with Crippen LogP contribution in [0.15, 0.2) is 90.6 Å². The highest BCUT2D eigenvalue weighted by Gasteiger charge is 2.53. The van der Waals surface area contributed by atoms with Gasteiger partial charge in [0.15, 0.2) is 0 Å². The van der Waals surface area contributed by atoms with E-state index in [1.165, 1.54) is 0 Å². The van der Waals surface area contributed by atoms with Crippen molar-refractivity contribution in [3.05, 3.63) is 107 Å². The van der Waals surface area contributed by atoms with Crippen molar-refractivity contribution in [2.45, 2.75) is 17.5 Å². The zero-order chi connectivity index (χ0) is 25.4. The summed E-state index contributed by atoms with van der Waals surface area (Å²) in [6, 6.07) is 27.1. The molecule has 0 aliphatic carbocycles. The van der Waals surface area contributed by atoms with Gasteiger partial charge in [-0.3, -0.25) is 14.5 Å². The third-order valence-electron chi connectivity index (χ3n) is 6.39. The van der Waals surface area contributed by atoms with Crippen LogP contribution in [0.4, 0.5) is 0 Å². The maximum Gasteiger partial charge on any atom is 0.253 e. The minimum absolute atomic E-state index is 0.208. The topological polar surface area (TPSA) is 71.5 Å². The van der Waals surface area contributed by atoms with E-state index in [0.717, 1.165) is 31.9 Å². The third kappa shape index (κ3) is 4.33. The van der Waals surface area contributed by atoms with Crippen molar-refractivity contribution in [1.29, 1.82) is 0 Å². The second-order valence-electron chi connectivity index (χ2n) is 8.59. The molecule has 3 heterocycles. The molecule has 4 aromatic rings. The van der Waals surface area contributed by atoms with Crippen molar-refractivity contribution in [2.24, 2.45) is 0 Å². The quantitative estimate of drug-likeness (QED) is 0.197. The van der Waals surface area contributed by atoms with Gasteiger partial charge in [0, 0.05) is 11.3 Å². The number of hydrogen-bond acceptors (Lipinski definition) is 7. The Balaban J connectivity index is 1.43. The van der Waals surface area contributed by atoms with Gasteiger partial charge in [0.2, 0.25) is 11.5 Å². The minimum Gasteiger partial charge on any atom is -0.469 e. The number of thioether (sulfide) groups is 1. The molecule has 9 heteroatoms. The molecule has 3 aromatic carbocycles. The molecule has 2 amide bonds. The van der Waals surface area contributed by atoms with Crippen molar-refractivity contribution in [2.75, 3.05) is 5.75 Å². The molecule has 0 bridgehead atoms. The van der Waals surface area contributed by atoms with E-state index in [2.05, 4.69) is 5.32 Å². The van der Waals surface area contributed by atoms with Gasteiger partial charge in [0.1, 0.15) is 28.2 Å². The third-order valence-corrected chi connectivity index (χ3v) is 9.06. The molecule has 1 aromatic heterocycles. The number of thiocarbonyl (C=S) groups is 1. The van der Waals surface area contributed by atoms with Gasteiger partial charge < -0.3 is 10.1 Å². The number of nitrogens with zero attached hydrogens (tertiary/aromatic N) is 2. The largest absolute Gasteiger partial charge is 0.469 e. The smallest absolute Gasteiger partial charge is 0.253 e. The zero-order valence-electron chi connectivity index (χ0n) is 19.4. The van der Waals surface area contributed by atoms with Gasteiger partial charge in [-0.15, -0.1) is 23.1 Å². The van der Waals surface area contributed by atoms with Gasteiger partial charge in [-0.1, -0.05) is 72.8 Å². The highest BCUT2D eigenvalue weighted by atomic mass is 32.2. The van der Waals surface area contributed by atoms with Gasteiger partial charge in [-0.2, -0.15) is 0 Å². The summed E-state index contributed by atoms with van der Waals surface area (Å²) in [5.74, 6) is 0.380. The molecule has 184 valence electrons. The Labute approximate surface area is 227 Å². The monoisotopic (exact) mass is 543 g/mol. The number of para-hydroxylation sites is 1. The summed E-state index contributed by atoms with van der Waals surface area (Å²) in [4.78, 5) is 30.8. The fourth-order valence-electron chi connectivity index (χ4n) is 4.61. The van der Waals surface area contributed by atoms with Crippen LogP contribution in [0.2, 0.25) is 0 Å². The van der Waals surface area contributed by atoms with Crippen molar-refractivity contribution < 1.29 is 14.3 Å². The second-order valence-corrected chi connectivity index (χ2v) is 11.1. The molecular formula is C28H21N3O3S3. The van der Waals surface area contributed by atoms with E-state index in [1.54, 1.807) is 28.0 Å². The average molecular weight is 544 g/mol. The Hall–Kier alpha value is -3.53. The normalized spacial score (nSPS) is 18.9. The molecule has 1 saturated heterocycles. The number of benzene rings is 3. The molecule has 6 nitrogen and oxygen atoms in total. The van der Waals surface area contributed by atoms with Crippen molar-refractivity contribution in [3.8, 4) is 0 Å². The molecule has 2 aliphatic rings. The number of carbonyl (C=O) groups is 2. The molecule has 0 spiro atoms. The molecule has 0 unspecified atom stereocenters. The fraction of sp³-hybridized carbons (Fsp3) is 0.143. The predicted molar refractivity (Wildman–Crippen MR) is 151 cm³/mol. The number of hydrogen-bond donors (Lipinski definition) is 1. The lowest BCUT2D eigenvalue weighted by Gasteiger charge is -2.49. The van der Waals surface area contributed by atoms with E-state index in [4.69, 9.17) is 21.9 Å². The van der Waals surface area contributed by atoms with Gasteiger partial charge in [-0.05, 0) is 35.5 Å². The maximum absolute atomic E-state index is 13.2. The van der Waals surface area contributed by atoms with E-state index in [-0.39, 0.29) is 16.3 Å². The molecule has 2 aliphatic heterocycles. The van der Waals surface area contributed by atoms with Crippen LogP contribution >= 0.6 is 35.3 Å². The lowest BCUT2D eigenvalue weighted by molar-refractivity contribution is -0.143. The number of rotatable bonds is 7. The lowest BCUT2D eigenvalue weighted by atomic mass is 10.0. The molecule has 0 saturated carbocycles. The molecule has 1 N–H and O–H groups in total. The molecule has 1 fully saturated rings. The summed E-state index contributed by atoms with van der Waals surface area (Å²) in [5.41, 5.74) is 4.23. The predicted octanol–water partition coefficient (Wildman–Crippen LogP) is 5.17. The Morgan fingerprint density at radius 2 is 1.68 bits per heavy atom. The summed E-state index contributed by atoms with van der Waals surface area (Å²) in [6.45, 7) is 0. The summed E-state index contributed by atoms with van der Waals surface area (Å²) in [6.07, 6.45) is 0.120.